The molecule has 0 N–H and O–H groups in total. The first-order chi connectivity index (χ1) is 15.2. The maximum Gasteiger partial charge on any atom is 0.256 e. The predicted molar refractivity (Wildman–Crippen MR) is 124 cm³/mol. The van der Waals surface area contributed by atoms with Crippen LogP contribution in [-0.4, -0.2) is 33.9 Å². The first-order valence-electron chi connectivity index (χ1n) is 11.2. The molecular weight excluding hydrogens is 384 g/mol. The highest BCUT2D eigenvalue weighted by atomic mass is 16.2. The van der Waals surface area contributed by atoms with Gasteiger partial charge in [-0.1, -0.05) is 49.2 Å². The second-order valence-corrected chi connectivity index (χ2v) is 8.16. The average molecular weight is 415 g/mol. The smallest absolute Gasteiger partial charge is 0.256 e. The number of rotatable bonds is 6. The van der Waals surface area contributed by atoms with Crippen molar-refractivity contribution >= 4 is 11.7 Å². The van der Waals surface area contributed by atoms with Gasteiger partial charge in [-0.3, -0.25) is 9.78 Å². The number of hydrogen-bond donors (Lipinski definition) is 0. The van der Waals surface area contributed by atoms with Crippen molar-refractivity contribution in [2.75, 3.05) is 18.0 Å². The number of amides is 1. The Kier molecular flexibility index (Phi) is 6.92. The molecule has 2 aromatic heterocycles. The quantitative estimate of drug-likeness (QED) is 0.552. The molecule has 1 amide bonds. The molecule has 31 heavy (non-hydrogen) atoms. The van der Waals surface area contributed by atoms with Crippen LogP contribution in [0.4, 0.5) is 5.82 Å². The van der Waals surface area contributed by atoms with Crippen molar-refractivity contribution < 1.29 is 4.79 Å². The minimum atomic E-state index is -0.154. The largest absolute Gasteiger partial charge is 0.357 e. The summed E-state index contributed by atoms with van der Waals surface area (Å²) in [6.45, 7) is 4.63. The van der Waals surface area contributed by atoms with Crippen LogP contribution >= 0.6 is 0 Å². The summed E-state index contributed by atoms with van der Waals surface area (Å²) < 4.78 is 0. The Morgan fingerprint density at radius 2 is 1.68 bits per heavy atom. The van der Waals surface area contributed by atoms with Crippen molar-refractivity contribution in [2.24, 2.45) is 0 Å². The van der Waals surface area contributed by atoms with E-state index in [2.05, 4.69) is 14.9 Å². The molecule has 3 heterocycles. The molecule has 0 saturated carbocycles. The van der Waals surface area contributed by atoms with Gasteiger partial charge in [0.25, 0.3) is 5.91 Å². The van der Waals surface area contributed by atoms with E-state index in [0.717, 1.165) is 30.2 Å². The molecule has 1 fully saturated rings. The molecule has 1 aliphatic rings. The molecule has 3 aromatic rings. The van der Waals surface area contributed by atoms with E-state index >= 15 is 0 Å². The molecule has 0 radical (unpaired) electrons. The molecule has 1 aliphatic heterocycles. The monoisotopic (exact) mass is 414 g/mol. The van der Waals surface area contributed by atoms with Gasteiger partial charge in [-0.15, -0.1) is 0 Å². The summed E-state index contributed by atoms with van der Waals surface area (Å²) in [6.07, 6.45) is 8.48. The second kappa shape index (κ2) is 10.2. The maximum atomic E-state index is 13.6. The Labute approximate surface area is 184 Å². The highest BCUT2D eigenvalue weighted by molar-refractivity contribution is 5.94. The van der Waals surface area contributed by atoms with Crippen molar-refractivity contribution in [2.45, 2.75) is 45.2 Å². The normalized spacial score (nSPS) is 15.2. The third-order valence-electron chi connectivity index (χ3n) is 5.96. The highest BCUT2D eigenvalue weighted by Crippen LogP contribution is 2.24. The summed E-state index contributed by atoms with van der Waals surface area (Å²) in [4.78, 5) is 26.9. The first kappa shape index (κ1) is 21.0. The lowest BCUT2D eigenvalue weighted by Crippen LogP contribution is -2.34. The standard InChI is InChI=1S/C26H30N4O/c1-21(24-13-7-8-16-27-24)30(20-22-11-5-4-6-12-22)26(31)23-14-15-25(28-19-23)29-17-9-2-3-10-18-29/h4-8,11-16,19,21H,2-3,9-10,17-18,20H2,1H3. The molecule has 0 aliphatic carbocycles. The minimum absolute atomic E-state index is 0.0306. The summed E-state index contributed by atoms with van der Waals surface area (Å²) in [6, 6.07) is 19.7. The Balaban J connectivity index is 1.57. The van der Waals surface area contributed by atoms with E-state index in [4.69, 9.17) is 0 Å². The van der Waals surface area contributed by atoms with Crippen LogP contribution in [0.15, 0.2) is 73.1 Å². The number of pyridine rings is 2. The summed E-state index contributed by atoms with van der Waals surface area (Å²) in [7, 11) is 0. The molecule has 5 heteroatoms. The van der Waals surface area contributed by atoms with E-state index < -0.39 is 0 Å². The van der Waals surface area contributed by atoms with E-state index in [9.17, 15) is 4.79 Å². The number of benzene rings is 1. The number of hydrogen-bond acceptors (Lipinski definition) is 4. The lowest BCUT2D eigenvalue weighted by Gasteiger charge is -2.29. The van der Waals surface area contributed by atoms with Gasteiger partial charge in [0.1, 0.15) is 5.82 Å². The van der Waals surface area contributed by atoms with Crippen LogP contribution < -0.4 is 4.90 Å². The number of aromatic nitrogens is 2. The SMILES string of the molecule is CC(c1ccccn1)N(Cc1ccccc1)C(=O)c1ccc(N2CCCCCC2)nc1. The first-order valence-corrected chi connectivity index (χ1v) is 11.2. The molecule has 5 nitrogen and oxygen atoms in total. The fraction of sp³-hybridized carbons (Fsp3) is 0.346. The van der Waals surface area contributed by atoms with Gasteiger partial charge in [0.05, 0.1) is 17.3 Å². The van der Waals surface area contributed by atoms with Crippen LogP contribution in [0.2, 0.25) is 0 Å². The van der Waals surface area contributed by atoms with Gasteiger partial charge in [0.15, 0.2) is 0 Å². The van der Waals surface area contributed by atoms with Crippen molar-refractivity contribution in [3.63, 3.8) is 0 Å². The van der Waals surface area contributed by atoms with Crippen LogP contribution in [0.25, 0.3) is 0 Å². The second-order valence-electron chi connectivity index (χ2n) is 8.16. The molecule has 1 saturated heterocycles. The Bertz CT molecular complexity index is 952. The number of nitrogens with zero attached hydrogens (tertiary/aromatic N) is 4. The average Bonchev–Trinajstić information content (AvgIpc) is 3.13. The van der Waals surface area contributed by atoms with Crippen molar-refractivity contribution in [1.29, 1.82) is 0 Å². The lowest BCUT2D eigenvalue weighted by molar-refractivity contribution is 0.0670. The van der Waals surface area contributed by atoms with Crippen LogP contribution in [0.5, 0.6) is 0 Å². The van der Waals surface area contributed by atoms with Crippen LogP contribution in [-0.2, 0) is 6.54 Å². The summed E-state index contributed by atoms with van der Waals surface area (Å²) in [5.74, 6) is 0.933. The van der Waals surface area contributed by atoms with E-state index in [1.807, 2.05) is 72.5 Å². The molecule has 4 rings (SSSR count). The topological polar surface area (TPSA) is 49.3 Å². The predicted octanol–water partition coefficient (Wildman–Crippen LogP) is 5.26. The zero-order chi connectivity index (χ0) is 21.5. The zero-order valence-electron chi connectivity index (χ0n) is 18.2. The van der Waals surface area contributed by atoms with Gasteiger partial charge in [-0.25, -0.2) is 4.98 Å². The van der Waals surface area contributed by atoms with Crippen molar-refractivity contribution in [3.8, 4) is 0 Å². The van der Waals surface area contributed by atoms with Gasteiger partial charge in [0, 0.05) is 32.0 Å². The fourth-order valence-corrected chi connectivity index (χ4v) is 4.11. The van der Waals surface area contributed by atoms with Crippen molar-refractivity contribution in [1.82, 2.24) is 14.9 Å². The minimum Gasteiger partial charge on any atom is -0.357 e. The Morgan fingerprint density at radius 3 is 2.32 bits per heavy atom. The molecule has 0 spiro atoms. The fourth-order valence-electron chi connectivity index (χ4n) is 4.11. The van der Waals surface area contributed by atoms with Crippen LogP contribution in [0, 0.1) is 0 Å². The number of carbonyl (C=O) groups is 1. The van der Waals surface area contributed by atoms with E-state index in [0.29, 0.717) is 12.1 Å². The molecule has 160 valence electrons. The summed E-state index contributed by atoms with van der Waals surface area (Å²) >= 11 is 0. The highest BCUT2D eigenvalue weighted by Gasteiger charge is 2.24. The molecule has 1 unspecified atom stereocenters. The summed E-state index contributed by atoms with van der Waals surface area (Å²) in [5, 5.41) is 0. The Hall–Kier alpha value is -3.21. The molecule has 0 bridgehead atoms. The Morgan fingerprint density at radius 1 is 0.935 bits per heavy atom. The van der Waals surface area contributed by atoms with Gasteiger partial charge < -0.3 is 9.80 Å². The van der Waals surface area contributed by atoms with Gasteiger partial charge in [0.2, 0.25) is 0 Å². The summed E-state index contributed by atoms with van der Waals surface area (Å²) in [5.41, 5.74) is 2.57. The van der Waals surface area contributed by atoms with Gasteiger partial charge in [-0.05, 0) is 49.6 Å². The van der Waals surface area contributed by atoms with E-state index in [-0.39, 0.29) is 11.9 Å². The molecular formula is C26H30N4O. The third kappa shape index (κ3) is 5.29. The lowest BCUT2D eigenvalue weighted by atomic mass is 10.1. The van der Waals surface area contributed by atoms with E-state index in [1.165, 1.54) is 25.7 Å². The van der Waals surface area contributed by atoms with Crippen LogP contribution in [0.1, 0.15) is 60.3 Å². The maximum absolute atomic E-state index is 13.6. The number of anilines is 1. The van der Waals surface area contributed by atoms with E-state index in [1.54, 1.807) is 12.4 Å². The van der Waals surface area contributed by atoms with Crippen LogP contribution in [0.3, 0.4) is 0 Å². The number of carbonyl (C=O) groups excluding carboxylic acids is 1. The zero-order valence-corrected chi connectivity index (χ0v) is 18.2. The molecule has 1 atom stereocenters. The van der Waals surface area contributed by atoms with Crippen molar-refractivity contribution in [3.05, 3.63) is 89.9 Å². The third-order valence-corrected chi connectivity index (χ3v) is 5.96. The molecule has 1 aromatic carbocycles. The van der Waals surface area contributed by atoms with Gasteiger partial charge in [-0.2, -0.15) is 0 Å². The van der Waals surface area contributed by atoms with Gasteiger partial charge >= 0.3 is 0 Å².